The maximum Gasteiger partial charge on any atom is 0.410 e. The highest BCUT2D eigenvalue weighted by Gasteiger charge is 2.40. The molecule has 0 radical (unpaired) electrons. The van der Waals surface area contributed by atoms with Crippen molar-refractivity contribution in [3.63, 3.8) is 0 Å². The molecule has 506 valence electrons. The lowest BCUT2D eigenvalue weighted by molar-refractivity contribution is 0.0237. The van der Waals surface area contributed by atoms with Crippen LogP contribution in [-0.2, 0) is 14.2 Å². The molecule has 25 heteroatoms. The first-order chi connectivity index (χ1) is 47.0. The van der Waals surface area contributed by atoms with Crippen LogP contribution in [0, 0.1) is 0 Å². The van der Waals surface area contributed by atoms with Gasteiger partial charge in [0.1, 0.15) is 23.1 Å². The largest absolute Gasteiger partial charge is 0.457 e. The first-order valence-electron chi connectivity index (χ1n) is 33.2. The number of pyridine rings is 3. The molecule has 2 amide bonds. The minimum Gasteiger partial charge on any atom is -0.457 e. The van der Waals surface area contributed by atoms with Crippen LogP contribution in [0.2, 0.25) is 0 Å². The Morgan fingerprint density at radius 1 is 0.454 bits per heavy atom. The molecule has 0 aliphatic carbocycles. The van der Waals surface area contributed by atoms with Gasteiger partial charge >= 0.3 is 17.6 Å². The Hall–Kier alpha value is -9.81. The predicted molar refractivity (Wildman–Crippen MR) is 380 cm³/mol. The van der Waals surface area contributed by atoms with Crippen molar-refractivity contribution in [3.8, 4) is 0 Å². The number of aromatic nitrogens is 9. The average Bonchev–Trinajstić information content (AvgIpc) is 1.75. The first-order valence-corrected chi connectivity index (χ1v) is 33.6. The van der Waals surface area contributed by atoms with Gasteiger partial charge in [-0.3, -0.25) is 15.0 Å². The topological polar surface area (TPSA) is 233 Å². The monoisotopic (exact) mass is 1330 g/mol. The number of benzene rings is 3. The van der Waals surface area contributed by atoms with E-state index in [4.69, 9.17) is 39.4 Å². The number of amides is 2. The molecule has 6 aliphatic rings. The Morgan fingerprint density at radius 2 is 0.794 bits per heavy atom. The summed E-state index contributed by atoms with van der Waals surface area (Å²) in [7, 11) is 8.28. The number of likely N-dealkylation sites (N-methyl/N-ethyl adjacent to an activating group) is 3. The number of hydrogen-bond acceptors (Lipinski definition) is 22. The molecule has 9 aromatic rings. The number of carbonyl (C=O) groups is 3. The van der Waals surface area contributed by atoms with Crippen LogP contribution >= 0.6 is 11.6 Å². The first kappa shape index (κ1) is 67.2. The fraction of sp³-hybridized carbons (Fsp3) is 0.417. The van der Waals surface area contributed by atoms with E-state index in [1.54, 1.807) is 41.6 Å². The summed E-state index contributed by atoms with van der Waals surface area (Å²) >= 11 is 4.60. The van der Waals surface area contributed by atoms with Crippen LogP contribution in [0.1, 0.15) is 74.9 Å². The molecule has 0 bridgehead atoms. The molecule has 3 aromatic carbocycles. The van der Waals surface area contributed by atoms with Crippen molar-refractivity contribution in [1.29, 1.82) is 0 Å². The second-order valence-electron chi connectivity index (χ2n) is 26.3. The lowest BCUT2D eigenvalue weighted by atomic mass is 9.95. The number of fused-ring (bicyclic) bond motifs is 3. The summed E-state index contributed by atoms with van der Waals surface area (Å²) in [6.07, 6.45) is 13.0. The summed E-state index contributed by atoms with van der Waals surface area (Å²) in [6, 6.07) is 38.1. The molecule has 1 N–H and O–H groups in total. The second kappa shape index (κ2) is 30.1. The number of nitrogens with one attached hydrogen (secondary N) is 1. The molecular weight excluding hydrogens is 1250 g/mol. The predicted octanol–water partition coefficient (Wildman–Crippen LogP) is 10.4. The van der Waals surface area contributed by atoms with Crippen molar-refractivity contribution in [2.75, 3.05) is 143 Å². The summed E-state index contributed by atoms with van der Waals surface area (Å²) in [4.78, 5) is 93.5. The zero-order valence-electron chi connectivity index (χ0n) is 56.4. The van der Waals surface area contributed by atoms with E-state index < -0.39 is 11.0 Å². The van der Waals surface area contributed by atoms with Gasteiger partial charge in [0.15, 0.2) is 17.5 Å². The number of nitrogens with zero attached hydrogens (tertiary/aromatic N) is 17. The van der Waals surface area contributed by atoms with Crippen LogP contribution in [-0.4, -0.2) is 210 Å². The molecule has 6 saturated heterocycles. The Bertz CT molecular complexity index is 4210. The Balaban J connectivity index is 0.000000135. The van der Waals surface area contributed by atoms with Gasteiger partial charge in [-0.15, -0.1) is 0 Å². The van der Waals surface area contributed by atoms with E-state index in [1.807, 2.05) is 83.7 Å². The van der Waals surface area contributed by atoms with E-state index in [2.05, 4.69) is 139 Å². The molecule has 6 fully saturated rings. The molecular formula is C72H85ClN18O6. The third kappa shape index (κ3) is 15.7. The maximum absolute atomic E-state index is 12.5. The van der Waals surface area contributed by atoms with Crippen molar-refractivity contribution < 1.29 is 28.6 Å². The van der Waals surface area contributed by atoms with Crippen molar-refractivity contribution in [2.45, 2.75) is 81.5 Å². The lowest BCUT2D eigenvalue weighted by Crippen LogP contribution is -2.46. The van der Waals surface area contributed by atoms with Crippen molar-refractivity contribution in [3.05, 3.63) is 163 Å². The van der Waals surface area contributed by atoms with E-state index in [-0.39, 0.29) is 24.3 Å². The number of anilines is 6. The van der Waals surface area contributed by atoms with Gasteiger partial charge in [-0.25, -0.2) is 44.3 Å². The number of rotatable bonds is 12. The van der Waals surface area contributed by atoms with Gasteiger partial charge in [-0.05, 0) is 102 Å². The highest BCUT2D eigenvalue weighted by atomic mass is 35.5. The van der Waals surface area contributed by atoms with Crippen molar-refractivity contribution in [2.24, 2.45) is 0 Å². The smallest absolute Gasteiger partial charge is 0.410 e. The van der Waals surface area contributed by atoms with Crippen molar-refractivity contribution >= 4 is 96.8 Å². The van der Waals surface area contributed by atoms with E-state index in [0.29, 0.717) is 23.8 Å². The number of halogens is 1. The van der Waals surface area contributed by atoms with Crippen LogP contribution in [0.3, 0.4) is 0 Å². The highest BCUT2D eigenvalue weighted by molar-refractivity contribution is 6.61. The standard InChI is InChI=1S/C26H32N6O2.C23H26N6O2.C21H24N6.C2H3ClO2/c1-26(2,3)34-25(33)30(4)20-11-14-31(17-20)24-23(27-12-13-28-24)19-15-32(16-19)22-10-9-18-7-5-6-8-21(18)29-22;1-27(23(30)31-2)18-9-12-28(15-18)22-21(24-10-11-25-22)17-13-29(14-17)20-8-7-16-5-3-4-6-19(16)26-20;1-22-17-8-11-26(14-17)21-20(23-9-10-24-21)16-12-27(13-16)19-7-6-15-4-2-3-5-18(15)25-19;1-5-2(3)4/h5-10,12-13,19-20H,11,14-17H2,1-4H3;3-8,10-11,17-18H,9,12-15H2,1-2H3;2-7,9-10,16-17,22H,8,11-14H2,1H3;1H3. The Morgan fingerprint density at radius 3 is 1.13 bits per heavy atom. The van der Waals surface area contributed by atoms with Gasteiger partial charge < -0.3 is 58.7 Å². The van der Waals surface area contributed by atoms with Crippen LogP contribution in [0.5, 0.6) is 0 Å². The zero-order valence-corrected chi connectivity index (χ0v) is 57.1. The fourth-order valence-electron chi connectivity index (χ4n) is 13.3. The van der Waals surface area contributed by atoms with Gasteiger partial charge in [-0.2, -0.15) is 0 Å². The summed E-state index contributed by atoms with van der Waals surface area (Å²) in [6.45, 7) is 16.2. The number of methoxy groups -OCH3 is 2. The Kier molecular flexibility index (Phi) is 20.8. The van der Waals surface area contributed by atoms with Crippen molar-refractivity contribution in [1.82, 2.24) is 60.0 Å². The van der Waals surface area contributed by atoms with Crippen LogP contribution in [0.4, 0.5) is 49.3 Å². The molecule has 97 heavy (non-hydrogen) atoms. The average molecular weight is 1330 g/mol. The third-order valence-electron chi connectivity index (χ3n) is 18.9. The maximum atomic E-state index is 12.5. The summed E-state index contributed by atoms with van der Waals surface area (Å²) in [5.41, 5.74) is 4.99. The van der Waals surface area contributed by atoms with Gasteiger partial charge in [0.05, 0.1) is 59.9 Å². The Labute approximate surface area is 571 Å². The fourth-order valence-corrected chi connectivity index (χ4v) is 13.3. The molecule has 3 unspecified atom stereocenters. The van der Waals surface area contributed by atoms with Gasteiger partial charge in [-0.1, -0.05) is 54.6 Å². The minimum absolute atomic E-state index is 0.0874. The SMILES string of the molecule is CN(C(=O)OC(C)(C)C)C1CCN(c2nccnc2C2CN(c3ccc4ccccc4n3)C2)C1.CNC1CCN(c2nccnc2C2CN(c3ccc4ccccc4n3)C2)C1.COC(=O)Cl.COC(=O)N(C)C1CCN(c2nccnc2C2CN(c3ccc4ccccc4n3)C2)C1. The molecule has 0 spiro atoms. The number of carbonyl (C=O) groups excluding carboxylic acids is 3. The lowest BCUT2D eigenvalue weighted by Gasteiger charge is -2.40. The summed E-state index contributed by atoms with van der Waals surface area (Å²) < 4.78 is 14.3. The van der Waals surface area contributed by atoms with E-state index in [1.165, 1.54) is 19.6 Å². The van der Waals surface area contributed by atoms with Gasteiger partial charge in [0.25, 0.3) is 0 Å². The number of ether oxygens (including phenoxy) is 3. The second-order valence-corrected chi connectivity index (χ2v) is 26.6. The number of hydrogen-bond donors (Lipinski definition) is 1. The van der Waals surface area contributed by atoms with Gasteiger partial charge in [0, 0.05) is 181 Å². The molecule has 3 atom stereocenters. The minimum atomic E-state index is -0.773. The normalized spacial score (nSPS) is 18.6. The summed E-state index contributed by atoms with van der Waals surface area (Å²) in [5, 5.41) is 6.87. The molecule has 0 saturated carbocycles. The zero-order chi connectivity index (χ0) is 67.7. The molecule has 24 nitrogen and oxygen atoms in total. The molecule has 15 rings (SSSR count). The van der Waals surface area contributed by atoms with Crippen LogP contribution in [0.25, 0.3) is 32.7 Å². The van der Waals surface area contributed by atoms with Gasteiger partial charge in [0.2, 0.25) is 0 Å². The molecule has 6 aromatic heterocycles. The highest BCUT2D eigenvalue weighted by Crippen LogP contribution is 2.39. The quantitative estimate of drug-likeness (QED) is 0.0885. The third-order valence-corrected chi connectivity index (χ3v) is 19.0. The van der Waals surface area contributed by atoms with Crippen LogP contribution in [0.15, 0.2) is 146 Å². The van der Waals surface area contributed by atoms with E-state index >= 15 is 0 Å². The van der Waals surface area contributed by atoms with Crippen LogP contribution < -0.4 is 34.7 Å². The van der Waals surface area contributed by atoms with E-state index in [9.17, 15) is 14.4 Å². The number of para-hydroxylation sites is 3. The molecule has 6 aliphatic heterocycles. The van der Waals surface area contributed by atoms with E-state index in [0.717, 1.165) is 177 Å². The summed E-state index contributed by atoms with van der Waals surface area (Å²) in [5.74, 6) is 7.00. The molecule has 12 heterocycles.